The summed E-state index contributed by atoms with van der Waals surface area (Å²) in [5.74, 6) is -2.21. The largest absolute Gasteiger partial charge is 0.389 e. The van der Waals surface area contributed by atoms with Gasteiger partial charge in [0.25, 0.3) is 5.56 Å². The van der Waals surface area contributed by atoms with Crippen molar-refractivity contribution in [3.8, 4) is 0 Å². The number of rotatable bonds is 4. The van der Waals surface area contributed by atoms with Crippen molar-refractivity contribution in [3.63, 3.8) is 0 Å². The van der Waals surface area contributed by atoms with E-state index in [0.29, 0.717) is 5.69 Å². The van der Waals surface area contributed by atoms with Gasteiger partial charge in [0.1, 0.15) is 5.83 Å². The van der Waals surface area contributed by atoms with Crippen molar-refractivity contribution >= 4 is 6.08 Å². The van der Waals surface area contributed by atoms with E-state index in [-0.39, 0.29) is 37.2 Å². The number of fused-ring (bicyclic) bond motifs is 1. The maximum atomic E-state index is 15.1. The molecule has 1 saturated carbocycles. The summed E-state index contributed by atoms with van der Waals surface area (Å²) < 4.78 is 55.5. The lowest BCUT2D eigenvalue weighted by Gasteiger charge is -2.36. The molecule has 6 nitrogen and oxygen atoms in total. The molecule has 10 heteroatoms. The Morgan fingerprint density at radius 1 is 1.21 bits per heavy atom. The lowest BCUT2D eigenvalue weighted by molar-refractivity contribution is -0.146. The molecule has 0 bridgehead atoms. The van der Waals surface area contributed by atoms with Crippen LogP contribution in [0, 0.1) is 11.8 Å². The Labute approximate surface area is 164 Å². The molecule has 0 amide bonds. The predicted molar refractivity (Wildman–Crippen MR) is 99.2 cm³/mol. The Kier molecular flexibility index (Phi) is 4.97. The Bertz CT molecular complexity index is 947. The molecule has 4 rings (SSSR count). The third kappa shape index (κ3) is 3.68. The zero-order chi connectivity index (χ0) is 21.1. The third-order valence-corrected chi connectivity index (χ3v) is 6.40. The van der Waals surface area contributed by atoms with Crippen molar-refractivity contribution in [1.82, 2.24) is 14.5 Å². The normalized spacial score (nSPS) is 30.3. The molecule has 160 valence electrons. The number of nitrogens with two attached hydrogens (primary N) is 1. The van der Waals surface area contributed by atoms with E-state index in [1.807, 2.05) is 0 Å². The van der Waals surface area contributed by atoms with E-state index in [1.54, 1.807) is 11.8 Å². The maximum absolute atomic E-state index is 15.1. The van der Waals surface area contributed by atoms with Crippen LogP contribution in [0.25, 0.3) is 6.08 Å². The number of halogens is 4. The molecule has 2 aliphatic carbocycles. The number of hydrogen-bond acceptors (Lipinski definition) is 4. The monoisotopic (exact) mass is 416 g/mol. The molecular weight excluding hydrogens is 392 g/mol. The quantitative estimate of drug-likeness (QED) is 0.737. The van der Waals surface area contributed by atoms with Crippen LogP contribution in [-0.2, 0) is 0 Å². The first-order valence-corrected chi connectivity index (χ1v) is 9.87. The minimum absolute atomic E-state index is 0.0286. The highest BCUT2D eigenvalue weighted by Gasteiger charge is 2.46. The molecule has 1 aliphatic heterocycles. The average Bonchev–Trinajstić information content (AvgIpc) is 3.36. The SMILES string of the molecule is CC1c2c(c(=O)[nH]c(=O)n2C2CC2)C=C(F)C1N1CC(CN)C(CC(F)(F)F)C1. The Balaban J connectivity index is 1.70. The van der Waals surface area contributed by atoms with E-state index >= 15 is 4.39 Å². The van der Waals surface area contributed by atoms with E-state index < -0.39 is 47.6 Å². The van der Waals surface area contributed by atoms with Gasteiger partial charge in [-0.15, -0.1) is 0 Å². The molecule has 3 N–H and O–H groups in total. The average molecular weight is 416 g/mol. The summed E-state index contributed by atoms with van der Waals surface area (Å²) in [7, 11) is 0. The molecular formula is C19H24F4N4O2. The van der Waals surface area contributed by atoms with Crippen molar-refractivity contribution in [1.29, 1.82) is 0 Å². The lowest BCUT2D eigenvalue weighted by atomic mass is 9.87. The van der Waals surface area contributed by atoms with Crippen LogP contribution in [0.4, 0.5) is 17.6 Å². The summed E-state index contributed by atoms with van der Waals surface area (Å²) in [6.45, 7) is 2.14. The molecule has 0 aromatic carbocycles. The van der Waals surface area contributed by atoms with E-state index in [2.05, 4.69) is 4.98 Å². The van der Waals surface area contributed by atoms with Crippen LogP contribution in [0.1, 0.15) is 49.4 Å². The highest BCUT2D eigenvalue weighted by molar-refractivity contribution is 5.59. The molecule has 29 heavy (non-hydrogen) atoms. The number of H-pyrrole nitrogens is 1. The molecule has 4 atom stereocenters. The van der Waals surface area contributed by atoms with Crippen LogP contribution in [0.2, 0.25) is 0 Å². The number of nitrogens with zero attached hydrogens (tertiary/aromatic N) is 2. The smallest absolute Gasteiger partial charge is 0.330 e. The van der Waals surface area contributed by atoms with Crippen LogP contribution < -0.4 is 17.0 Å². The molecule has 0 spiro atoms. The molecule has 1 aromatic heterocycles. The molecule has 1 saturated heterocycles. The number of aromatic amines is 1. The highest BCUT2D eigenvalue weighted by Crippen LogP contribution is 2.43. The molecule has 3 aliphatic rings. The van der Waals surface area contributed by atoms with E-state index in [9.17, 15) is 22.8 Å². The van der Waals surface area contributed by atoms with Gasteiger partial charge < -0.3 is 5.73 Å². The summed E-state index contributed by atoms with van der Waals surface area (Å²) >= 11 is 0. The first kappa shape index (κ1) is 20.3. The number of hydrogen-bond donors (Lipinski definition) is 2. The Morgan fingerprint density at radius 2 is 1.86 bits per heavy atom. The van der Waals surface area contributed by atoms with Gasteiger partial charge in [0.2, 0.25) is 0 Å². The molecule has 2 heterocycles. The highest BCUT2D eigenvalue weighted by atomic mass is 19.4. The van der Waals surface area contributed by atoms with Gasteiger partial charge >= 0.3 is 11.9 Å². The molecule has 4 unspecified atom stereocenters. The fourth-order valence-corrected chi connectivity index (χ4v) is 4.98. The van der Waals surface area contributed by atoms with Crippen molar-refractivity contribution in [2.75, 3.05) is 19.6 Å². The van der Waals surface area contributed by atoms with Gasteiger partial charge in [-0.2, -0.15) is 13.2 Å². The predicted octanol–water partition coefficient (Wildman–Crippen LogP) is 2.13. The second-order valence-corrected chi connectivity index (χ2v) is 8.45. The van der Waals surface area contributed by atoms with Gasteiger partial charge in [0.15, 0.2) is 0 Å². The zero-order valence-electron chi connectivity index (χ0n) is 16.0. The standard InChI is InChI=1S/C19H24F4N4O2/c1-9-15-13(17(28)25-18(29)27(15)12-2-3-12)4-14(20)16(9)26-7-10(5-19(21,22)23)11(6-24)8-26/h4,9-12,16H,2-3,5-8,24H2,1H3,(H,25,28,29). The van der Waals surface area contributed by atoms with E-state index in [0.717, 1.165) is 18.9 Å². The number of nitrogens with one attached hydrogen (secondary N) is 1. The van der Waals surface area contributed by atoms with Gasteiger partial charge in [0, 0.05) is 37.2 Å². The summed E-state index contributed by atoms with van der Waals surface area (Å²) in [6.07, 6.45) is -2.54. The first-order chi connectivity index (χ1) is 13.6. The minimum Gasteiger partial charge on any atom is -0.330 e. The fraction of sp³-hybridized carbons (Fsp3) is 0.684. The summed E-state index contributed by atoms with van der Waals surface area (Å²) in [6, 6.07) is -0.847. The zero-order valence-corrected chi connectivity index (χ0v) is 16.0. The van der Waals surface area contributed by atoms with Crippen LogP contribution in [-0.4, -0.2) is 46.3 Å². The van der Waals surface area contributed by atoms with Gasteiger partial charge in [0.05, 0.1) is 11.6 Å². The van der Waals surface area contributed by atoms with Gasteiger partial charge in [-0.1, -0.05) is 6.92 Å². The molecule has 2 fully saturated rings. The van der Waals surface area contributed by atoms with Crippen LogP contribution in [0.5, 0.6) is 0 Å². The second kappa shape index (κ2) is 7.09. The van der Waals surface area contributed by atoms with Gasteiger partial charge in [-0.3, -0.25) is 19.2 Å². The Morgan fingerprint density at radius 3 is 2.45 bits per heavy atom. The number of aromatic nitrogens is 2. The van der Waals surface area contributed by atoms with Crippen molar-refractivity contribution in [2.24, 2.45) is 17.6 Å². The second-order valence-electron chi connectivity index (χ2n) is 8.45. The lowest BCUT2D eigenvalue weighted by Crippen LogP contribution is -2.45. The molecule has 0 radical (unpaired) electrons. The minimum atomic E-state index is -4.31. The van der Waals surface area contributed by atoms with Crippen molar-refractivity contribution in [3.05, 3.63) is 37.9 Å². The number of likely N-dealkylation sites (tertiary alicyclic amines) is 1. The number of alkyl halides is 3. The maximum Gasteiger partial charge on any atom is 0.389 e. The van der Waals surface area contributed by atoms with Gasteiger partial charge in [-0.05, 0) is 37.3 Å². The van der Waals surface area contributed by atoms with E-state index in [1.165, 1.54) is 4.57 Å². The van der Waals surface area contributed by atoms with Gasteiger partial charge in [-0.25, -0.2) is 9.18 Å². The summed E-state index contributed by atoms with van der Waals surface area (Å²) in [4.78, 5) is 28.6. The Hall–Kier alpha value is -1.94. The van der Waals surface area contributed by atoms with Crippen molar-refractivity contribution in [2.45, 2.75) is 50.4 Å². The topological polar surface area (TPSA) is 84.1 Å². The summed E-state index contributed by atoms with van der Waals surface area (Å²) in [5.41, 5.74) is 5.13. The van der Waals surface area contributed by atoms with Crippen LogP contribution in [0.15, 0.2) is 15.4 Å². The fourth-order valence-electron chi connectivity index (χ4n) is 4.98. The van der Waals surface area contributed by atoms with Crippen molar-refractivity contribution < 1.29 is 17.6 Å². The molecule has 1 aromatic rings. The first-order valence-electron chi connectivity index (χ1n) is 9.87. The van der Waals surface area contributed by atoms with Crippen LogP contribution >= 0.6 is 0 Å². The van der Waals surface area contributed by atoms with E-state index in [4.69, 9.17) is 5.73 Å². The summed E-state index contributed by atoms with van der Waals surface area (Å²) in [5, 5.41) is 0. The third-order valence-electron chi connectivity index (χ3n) is 6.40. The van der Waals surface area contributed by atoms with Crippen LogP contribution in [0.3, 0.4) is 0 Å².